The van der Waals surface area contributed by atoms with Gasteiger partial charge in [0.15, 0.2) is 0 Å². The van der Waals surface area contributed by atoms with Gasteiger partial charge in [0.1, 0.15) is 0 Å². The van der Waals surface area contributed by atoms with Gasteiger partial charge < -0.3 is 5.32 Å². The monoisotopic (exact) mass is 266 g/mol. The summed E-state index contributed by atoms with van der Waals surface area (Å²) in [4.78, 5) is 4.57. The van der Waals surface area contributed by atoms with E-state index in [2.05, 4.69) is 57.2 Å². The molecule has 0 aliphatic rings. The minimum atomic E-state index is 0.382. The fourth-order valence-corrected chi connectivity index (χ4v) is 2.76. The van der Waals surface area contributed by atoms with Crippen LogP contribution >= 0.6 is 11.8 Å². The van der Waals surface area contributed by atoms with Crippen molar-refractivity contribution >= 4 is 11.8 Å². The van der Waals surface area contributed by atoms with E-state index in [1.165, 1.54) is 17.5 Å². The van der Waals surface area contributed by atoms with Crippen LogP contribution in [0, 0.1) is 20.8 Å². The van der Waals surface area contributed by atoms with Gasteiger partial charge in [-0.15, -0.1) is 0 Å². The zero-order valence-corrected chi connectivity index (χ0v) is 13.3. The molecule has 1 rings (SSSR count). The van der Waals surface area contributed by atoms with Gasteiger partial charge >= 0.3 is 0 Å². The van der Waals surface area contributed by atoms with Crippen LogP contribution in [0.4, 0.5) is 0 Å². The molecule has 0 saturated heterocycles. The third-order valence-electron chi connectivity index (χ3n) is 3.42. The molecule has 0 saturated carbocycles. The van der Waals surface area contributed by atoms with Crippen molar-refractivity contribution in [3.8, 4) is 0 Å². The highest BCUT2D eigenvalue weighted by molar-refractivity contribution is 7.99. The average Bonchev–Trinajstić information content (AvgIpc) is 2.27. The lowest BCUT2D eigenvalue weighted by atomic mass is 10.0. The standard InChI is InChI=1S/C15H26N2S/c1-10-9-11(2)17-14(5)15(10)13(4)16-8-7-12(3)18-6/h9,12-13,16H,7-8H2,1-6H3. The van der Waals surface area contributed by atoms with Gasteiger partial charge in [0.05, 0.1) is 0 Å². The average molecular weight is 266 g/mol. The first-order valence-corrected chi connectivity index (χ1v) is 7.95. The summed E-state index contributed by atoms with van der Waals surface area (Å²) in [6.07, 6.45) is 3.38. The van der Waals surface area contributed by atoms with Gasteiger partial charge in [-0.05, 0) is 64.1 Å². The minimum absolute atomic E-state index is 0.382. The van der Waals surface area contributed by atoms with Crippen LogP contribution in [0.2, 0.25) is 0 Å². The van der Waals surface area contributed by atoms with E-state index < -0.39 is 0 Å². The van der Waals surface area contributed by atoms with E-state index in [4.69, 9.17) is 0 Å². The Hall–Kier alpha value is -0.540. The summed E-state index contributed by atoms with van der Waals surface area (Å²) in [6.45, 7) is 11.9. The third kappa shape index (κ3) is 4.29. The van der Waals surface area contributed by atoms with Crippen molar-refractivity contribution in [2.45, 2.75) is 52.3 Å². The maximum absolute atomic E-state index is 4.57. The Morgan fingerprint density at radius 3 is 2.50 bits per heavy atom. The van der Waals surface area contributed by atoms with Crippen LogP contribution in [0.15, 0.2) is 6.07 Å². The molecule has 18 heavy (non-hydrogen) atoms. The highest BCUT2D eigenvalue weighted by Gasteiger charge is 2.12. The number of aryl methyl sites for hydroxylation is 3. The first-order valence-electron chi connectivity index (χ1n) is 6.66. The Balaban J connectivity index is 2.64. The molecule has 2 unspecified atom stereocenters. The Morgan fingerprint density at radius 1 is 1.28 bits per heavy atom. The molecule has 0 aliphatic carbocycles. The molecule has 1 heterocycles. The number of pyridine rings is 1. The summed E-state index contributed by atoms with van der Waals surface area (Å²) >= 11 is 1.93. The van der Waals surface area contributed by atoms with Gasteiger partial charge in [0.25, 0.3) is 0 Å². The fourth-order valence-electron chi connectivity index (χ4n) is 2.41. The quantitative estimate of drug-likeness (QED) is 0.848. The lowest BCUT2D eigenvalue weighted by Crippen LogP contribution is -2.23. The second-order valence-corrected chi connectivity index (χ2v) is 6.37. The molecule has 1 aromatic rings. The fraction of sp³-hybridized carbons (Fsp3) is 0.667. The smallest absolute Gasteiger partial charge is 0.0426 e. The number of rotatable bonds is 6. The summed E-state index contributed by atoms with van der Waals surface area (Å²) in [5, 5.41) is 4.34. The summed E-state index contributed by atoms with van der Waals surface area (Å²) < 4.78 is 0. The van der Waals surface area contributed by atoms with Crippen LogP contribution in [-0.4, -0.2) is 23.0 Å². The first-order chi connectivity index (χ1) is 8.45. The normalized spacial score (nSPS) is 14.6. The highest BCUT2D eigenvalue weighted by Crippen LogP contribution is 2.21. The summed E-state index contributed by atoms with van der Waals surface area (Å²) in [5.74, 6) is 0. The molecular formula is C15H26N2S. The van der Waals surface area contributed by atoms with E-state index in [9.17, 15) is 0 Å². The van der Waals surface area contributed by atoms with Crippen LogP contribution in [0.3, 0.4) is 0 Å². The number of nitrogens with zero attached hydrogens (tertiary/aromatic N) is 1. The van der Waals surface area contributed by atoms with Crippen molar-refractivity contribution in [2.75, 3.05) is 12.8 Å². The molecule has 0 amide bonds. The Labute approximate surface area is 116 Å². The van der Waals surface area contributed by atoms with Crippen LogP contribution in [0.5, 0.6) is 0 Å². The van der Waals surface area contributed by atoms with Crippen LogP contribution in [0.25, 0.3) is 0 Å². The van der Waals surface area contributed by atoms with E-state index in [0.29, 0.717) is 6.04 Å². The predicted molar refractivity (Wildman–Crippen MR) is 82.5 cm³/mol. The number of thioether (sulfide) groups is 1. The molecule has 0 radical (unpaired) electrons. The second kappa shape index (κ2) is 7.15. The Morgan fingerprint density at radius 2 is 1.94 bits per heavy atom. The second-order valence-electron chi connectivity index (χ2n) is 5.09. The molecule has 0 bridgehead atoms. The lowest BCUT2D eigenvalue weighted by Gasteiger charge is -2.20. The highest BCUT2D eigenvalue weighted by atomic mass is 32.2. The van der Waals surface area contributed by atoms with Crippen molar-refractivity contribution in [3.05, 3.63) is 28.6 Å². The summed E-state index contributed by atoms with van der Waals surface area (Å²) in [5.41, 5.74) is 4.97. The molecule has 102 valence electrons. The molecule has 0 fully saturated rings. The van der Waals surface area contributed by atoms with Gasteiger partial charge in [-0.3, -0.25) is 4.98 Å². The minimum Gasteiger partial charge on any atom is -0.310 e. The number of hydrogen-bond donors (Lipinski definition) is 1. The van der Waals surface area contributed by atoms with E-state index in [1.807, 2.05) is 11.8 Å². The number of aromatic nitrogens is 1. The van der Waals surface area contributed by atoms with Crippen molar-refractivity contribution in [1.29, 1.82) is 0 Å². The zero-order valence-electron chi connectivity index (χ0n) is 12.5. The topological polar surface area (TPSA) is 24.9 Å². The van der Waals surface area contributed by atoms with Crippen molar-refractivity contribution in [3.63, 3.8) is 0 Å². The van der Waals surface area contributed by atoms with Crippen LogP contribution in [-0.2, 0) is 0 Å². The number of nitrogens with one attached hydrogen (secondary N) is 1. The summed E-state index contributed by atoms with van der Waals surface area (Å²) in [7, 11) is 0. The Bertz CT molecular complexity index is 367. The molecule has 0 spiro atoms. The van der Waals surface area contributed by atoms with Crippen molar-refractivity contribution in [1.82, 2.24) is 10.3 Å². The molecule has 2 atom stereocenters. The maximum atomic E-state index is 4.57. The van der Waals surface area contributed by atoms with Crippen molar-refractivity contribution in [2.24, 2.45) is 0 Å². The van der Waals surface area contributed by atoms with E-state index in [1.54, 1.807) is 0 Å². The zero-order chi connectivity index (χ0) is 13.7. The van der Waals surface area contributed by atoms with E-state index in [0.717, 1.165) is 23.2 Å². The molecule has 3 heteroatoms. The first kappa shape index (κ1) is 15.5. The van der Waals surface area contributed by atoms with Gasteiger partial charge in [-0.25, -0.2) is 0 Å². The molecule has 2 nitrogen and oxygen atoms in total. The third-order valence-corrected chi connectivity index (χ3v) is 4.46. The molecular weight excluding hydrogens is 240 g/mol. The summed E-state index contributed by atoms with van der Waals surface area (Å²) in [6, 6.07) is 2.55. The van der Waals surface area contributed by atoms with E-state index in [-0.39, 0.29) is 0 Å². The van der Waals surface area contributed by atoms with Crippen molar-refractivity contribution < 1.29 is 0 Å². The SMILES string of the molecule is CSC(C)CCNC(C)c1c(C)cc(C)nc1C. The lowest BCUT2D eigenvalue weighted by molar-refractivity contribution is 0.551. The van der Waals surface area contributed by atoms with Gasteiger partial charge in [-0.1, -0.05) is 6.92 Å². The molecule has 0 aromatic carbocycles. The molecule has 1 N–H and O–H groups in total. The Kier molecular flexibility index (Phi) is 6.16. The van der Waals surface area contributed by atoms with Gasteiger partial charge in [-0.2, -0.15) is 11.8 Å². The largest absolute Gasteiger partial charge is 0.310 e. The molecule has 1 aromatic heterocycles. The van der Waals surface area contributed by atoms with E-state index >= 15 is 0 Å². The van der Waals surface area contributed by atoms with Crippen LogP contribution < -0.4 is 5.32 Å². The molecule has 0 aliphatic heterocycles. The number of hydrogen-bond acceptors (Lipinski definition) is 3. The van der Waals surface area contributed by atoms with Gasteiger partial charge in [0, 0.05) is 22.7 Å². The van der Waals surface area contributed by atoms with Gasteiger partial charge in [0.2, 0.25) is 0 Å². The van der Waals surface area contributed by atoms with Crippen LogP contribution in [0.1, 0.15) is 48.8 Å². The maximum Gasteiger partial charge on any atom is 0.0426 e. The predicted octanol–water partition coefficient (Wildman–Crippen LogP) is 3.80.